The average molecular weight is 423 g/mol. The zero-order valence-electron chi connectivity index (χ0n) is 17.3. The molecule has 0 N–H and O–H groups in total. The molecule has 3 aromatic rings. The fourth-order valence-corrected chi connectivity index (χ4v) is 4.67. The van der Waals surface area contributed by atoms with Gasteiger partial charge in [-0.25, -0.2) is 8.42 Å². The van der Waals surface area contributed by atoms with Crippen molar-refractivity contribution in [2.45, 2.75) is 32.9 Å². The number of benzene rings is 2. The molecule has 30 heavy (non-hydrogen) atoms. The van der Waals surface area contributed by atoms with Gasteiger partial charge in [0.25, 0.3) is 0 Å². The van der Waals surface area contributed by atoms with Gasteiger partial charge in [0.2, 0.25) is 10.0 Å². The fraction of sp³-hybridized carbons (Fsp3) is 0.292. The van der Waals surface area contributed by atoms with Gasteiger partial charge in [-0.05, 0) is 65.8 Å². The Hall–Kier alpha value is -2.70. The van der Waals surface area contributed by atoms with Crippen molar-refractivity contribution < 1.29 is 13.2 Å². The van der Waals surface area contributed by atoms with Gasteiger partial charge in [-0.2, -0.15) is 4.31 Å². The van der Waals surface area contributed by atoms with Gasteiger partial charge in [0.05, 0.1) is 11.9 Å². The van der Waals surface area contributed by atoms with Crippen molar-refractivity contribution in [3.63, 3.8) is 0 Å². The monoisotopic (exact) mass is 422 g/mol. The molecule has 0 saturated carbocycles. The van der Waals surface area contributed by atoms with E-state index in [1.54, 1.807) is 10.5 Å². The number of sulfonamides is 1. The Kier molecular flexibility index (Phi) is 5.88. The molecule has 0 fully saturated rings. The first-order valence-electron chi connectivity index (χ1n) is 10.1. The largest absolute Gasteiger partial charge is 0.487 e. The quantitative estimate of drug-likeness (QED) is 0.605. The molecule has 156 valence electrons. The minimum absolute atomic E-state index is 0.438. The highest BCUT2D eigenvalue weighted by Crippen LogP contribution is 2.28. The highest BCUT2D eigenvalue weighted by Gasteiger charge is 2.24. The van der Waals surface area contributed by atoms with Crippen molar-refractivity contribution in [3.05, 3.63) is 94.3 Å². The highest BCUT2D eigenvalue weighted by atomic mass is 32.2. The third kappa shape index (κ3) is 4.71. The molecule has 0 saturated heterocycles. The van der Waals surface area contributed by atoms with Gasteiger partial charge in [0.1, 0.15) is 12.4 Å². The van der Waals surface area contributed by atoms with Gasteiger partial charge >= 0.3 is 0 Å². The van der Waals surface area contributed by atoms with Crippen molar-refractivity contribution in [1.29, 1.82) is 0 Å². The van der Waals surface area contributed by atoms with E-state index >= 15 is 0 Å². The van der Waals surface area contributed by atoms with Gasteiger partial charge in [-0.1, -0.05) is 36.4 Å². The first-order valence-corrected chi connectivity index (χ1v) is 11.9. The second-order valence-electron chi connectivity index (χ2n) is 7.79. The number of aryl methyl sites for hydroxylation is 1. The summed E-state index contributed by atoms with van der Waals surface area (Å²) in [6.45, 7) is 3.47. The molecule has 1 aromatic heterocycles. The molecule has 2 aromatic carbocycles. The number of aromatic nitrogens is 1. The highest BCUT2D eigenvalue weighted by molar-refractivity contribution is 7.88. The van der Waals surface area contributed by atoms with Crippen LogP contribution < -0.4 is 4.74 Å². The van der Waals surface area contributed by atoms with Gasteiger partial charge in [-0.3, -0.25) is 4.98 Å². The van der Waals surface area contributed by atoms with Crippen LogP contribution in [0.15, 0.2) is 60.8 Å². The molecule has 0 aliphatic carbocycles. The first kappa shape index (κ1) is 20.6. The lowest BCUT2D eigenvalue weighted by Crippen LogP contribution is -2.35. The smallest absolute Gasteiger partial charge is 0.211 e. The summed E-state index contributed by atoms with van der Waals surface area (Å²) in [5.41, 5.74) is 6.79. The third-order valence-corrected chi connectivity index (χ3v) is 6.80. The number of nitrogens with zero attached hydrogens (tertiary/aromatic N) is 2. The Balaban J connectivity index is 1.53. The molecule has 0 atom stereocenters. The van der Waals surface area contributed by atoms with Crippen molar-refractivity contribution in [1.82, 2.24) is 9.29 Å². The fourth-order valence-electron chi connectivity index (χ4n) is 3.88. The minimum atomic E-state index is -3.17. The van der Waals surface area contributed by atoms with E-state index in [0.717, 1.165) is 35.4 Å². The molecule has 0 amide bonds. The summed E-state index contributed by atoms with van der Waals surface area (Å²) in [5.74, 6) is 0.867. The zero-order valence-corrected chi connectivity index (χ0v) is 18.2. The van der Waals surface area contributed by atoms with Crippen LogP contribution in [0.3, 0.4) is 0 Å². The van der Waals surface area contributed by atoms with E-state index in [1.165, 1.54) is 22.9 Å². The van der Waals surface area contributed by atoms with Crippen molar-refractivity contribution in [2.24, 2.45) is 0 Å². The Labute approximate surface area is 178 Å². The maximum Gasteiger partial charge on any atom is 0.211 e. The van der Waals surface area contributed by atoms with Gasteiger partial charge in [0, 0.05) is 19.3 Å². The predicted molar refractivity (Wildman–Crippen MR) is 118 cm³/mol. The molecular weight excluding hydrogens is 396 g/mol. The SMILES string of the molecule is Cc1ccc(Cc2cccc3c2CCN(S(C)(=O)=O)C3)cc1OCc1ccccn1. The van der Waals surface area contributed by atoms with E-state index in [1.807, 2.05) is 37.3 Å². The second-order valence-corrected chi connectivity index (χ2v) is 9.77. The van der Waals surface area contributed by atoms with Gasteiger partial charge in [0.15, 0.2) is 0 Å². The number of pyridine rings is 1. The Morgan fingerprint density at radius 3 is 2.73 bits per heavy atom. The Morgan fingerprint density at radius 1 is 1.10 bits per heavy atom. The molecule has 2 heterocycles. The molecule has 0 unspecified atom stereocenters. The zero-order chi connectivity index (χ0) is 21.1. The molecular formula is C24H26N2O3S. The number of hydrogen-bond acceptors (Lipinski definition) is 4. The lowest BCUT2D eigenvalue weighted by Gasteiger charge is -2.28. The average Bonchev–Trinajstić information content (AvgIpc) is 2.74. The molecule has 0 radical (unpaired) electrons. The molecule has 0 spiro atoms. The summed E-state index contributed by atoms with van der Waals surface area (Å²) < 4.78 is 31.4. The van der Waals surface area contributed by atoms with Crippen LogP contribution in [0.5, 0.6) is 5.75 Å². The minimum Gasteiger partial charge on any atom is -0.487 e. The molecule has 0 bridgehead atoms. The Morgan fingerprint density at radius 2 is 1.97 bits per heavy atom. The molecule has 6 heteroatoms. The van der Waals surface area contributed by atoms with Crippen molar-refractivity contribution in [3.8, 4) is 5.75 Å². The number of hydrogen-bond donors (Lipinski definition) is 0. The topological polar surface area (TPSA) is 59.5 Å². The van der Waals surface area contributed by atoms with E-state index in [2.05, 4.69) is 29.2 Å². The van der Waals surface area contributed by atoms with Gasteiger partial charge in [-0.15, -0.1) is 0 Å². The van der Waals surface area contributed by atoms with Crippen LogP contribution in [0.2, 0.25) is 0 Å². The van der Waals surface area contributed by atoms with Crippen LogP contribution in [0.1, 0.15) is 33.5 Å². The third-order valence-electron chi connectivity index (χ3n) is 5.55. The summed E-state index contributed by atoms with van der Waals surface area (Å²) in [7, 11) is -3.17. The second kappa shape index (κ2) is 8.58. The molecule has 1 aliphatic heterocycles. The predicted octanol–water partition coefficient (Wildman–Crippen LogP) is 3.88. The Bertz CT molecular complexity index is 1140. The standard InChI is InChI=1S/C24H26N2O3S/c1-18-9-10-19(15-24(18)29-17-22-8-3-4-12-25-22)14-20-6-5-7-21-16-26(30(2,27)28)13-11-23(20)21/h3-10,12,15H,11,13-14,16-17H2,1-2H3. The lowest BCUT2D eigenvalue weighted by molar-refractivity contribution is 0.299. The van der Waals surface area contributed by atoms with Crippen LogP contribution in [-0.2, 0) is 36.0 Å². The van der Waals surface area contributed by atoms with Crippen LogP contribution in [0, 0.1) is 6.92 Å². The van der Waals surface area contributed by atoms with Crippen LogP contribution >= 0.6 is 0 Å². The van der Waals surface area contributed by atoms with E-state index in [4.69, 9.17) is 4.74 Å². The number of ether oxygens (including phenoxy) is 1. The summed E-state index contributed by atoms with van der Waals surface area (Å²) in [5, 5.41) is 0. The summed E-state index contributed by atoms with van der Waals surface area (Å²) in [6, 6.07) is 18.3. The number of rotatable bonds is 6. The lowest BCUT2D eigenvalue weighted by atomic mass is 9.91. The van der Waals surface area contributed by atoms with Crippen LogP contribution in [0.4, 0.5) is 0 Å². The summed E-state index contributed by atoms with van der Waals surface area (Å²) in [4.78, 5) is 4.31. The van der Waals surface area contributed by atoms with Gasteiger partial charge < -0.3 is 4.74 Å². The van der Waals surface area contributed by atoms with Crippen LogP contribution in [-0.4, -0.2) is 30.5 Å². The van der Waals surface area contributed by atoms with Crippen molar-refractivity contribution >= 4 is 10.0 Å². The van der Waals surface area contributed by atoms with E-state index < -0.39 is 10.0 Å². The molecule has 5 nitrogen and oxygen atoms in total. The van der Waals surface area contributed by atoms with Crippen LogP contribution in [0.25, 0.3) is 0 Å². The normalized spacial score (nSPS) is 14.3. The molecule has 1 aliphatic rings. The maximum absolute atomic E-state index is 11.9. The summed E-state index contributed by atoms with van der Waals surface area (Å²) >= 11 is 0. The molecule has 4 rings (SSSR count). The van der Waals surface area contributed by atoms with E-state index in [-0.39, 0.29) is 0 Å². The maximum atomic E-state index is 11.9. The van der Waals surface area contributed by atoms with Crippen molar-refractivity contribution in [2.75, 3.05) is 12.8 Å². The number of fused-ring (bicyclic) bond motifs is 1. The van der Waals surface area contributed by atoms with E-state index in [9.17, 15) is 8.42 Å². The summed E-state index contributed by atoms with van der Waals surface area (Å²) in [6.07, 6.45) is 4.59. The van der Waals surface area contributed by atoms with E-state index in [0.29, 0.717) is 19.7 Å². The first-order chi connectivity index (χ1) is 14.4.